The maximum Gasteiger partial charge on any atom is 0.253 e. The van der Waals surface area contributed by atoms with E-state index in [4.69, 9.17) is 5.26 Å². The molecule has 0 atom stereocenters. The van der Waals surface area contributed by atoms with E-state index in [1.165, 1.54) is 12.1 Å². The molecule has 0 bridgehead atoms. The van der Waals surface area contributed by atoms with Crippen LogP contribution in [0.3, 0.4) is 0 Å². The number of carbonyl (C=O) groups excluding carboxylic acids is 1. The Bertz CT molecular complexity index is 1020. The number of amides is 1. The quantitative estimate of drug-likeness (QED) is 0.852. The highest BCUT2D eigenvalue weighted by Gasteiger charge is 2.25. The van der Waals surface area contributed by atoms with Gasteiger partial charge in [0, 0.05) is 18.7 Å². The Balaban J connectivity index is 1.68. The van der Waals surface area contributed by atoms with Crippen molar-refractivity contribution in [2.75, 3.05) is 24.1 Å². The maximum absolute atomic E-state index is 13.8. The number of nitrogens with one attached hydrogen (secondary N) is 1. The molecular weight excluding hydrogens is 381 g/mol. The molecule has 1 saturated heterocycles. The number of rotatable bonds is 4. The van der Waals surface area contributed by atoms with Crippen LogP contribution in [-0.2, 0) is 10.0 Å². The third kappa shape index (κ3) is 4.67. The van der Waals surface area contributed by atoms with Crippen molar-refractivity contribution in [1.82, 2.24) is 4.90 Å². The van der Waals surface area contributed by atoms with Crippen LogP contribution in [0.2, 0.25) is 0 Å². The lowest BCUT2D eigenvalue weighted by molar-refractivity contribution is 0.0713. The molecule has 1 N–H and O–H groups in total. The summed E-state index contributed by atoms with van der Waals surface area (Å²) in [4.78, 5) is 14.4. The normalized spacial score (nSPS) is 15.1. The zero-order chi connectivity index (χ0) is 20.3. The lowest BCUT2D eigenvalue weighted by atomic mass is 9.89. The van der Waals surface area contributed by atoms with Crippen molar-refractivity contribution >= 4 is 21.6 Å². The van der Waals surface area contributed by atoms with Crippen molar-refractivity contribution in [3.8, 4) is 6.07 Å². The highest BCUT2D eigenvalue weighted by molar-refractivity contribution is 7.92. The van der Waals surface area contributed by atoms with Gasteiger partial charge in [-0.3, -0.25) is 9.52 Å². The molecular formula is C20H20FN3O3S. The van der Waals surface area contributed by atoms with E-state index >= 15 is 0 Å². The van der Waals surface area contributed by atoms with E-state index in [0.29, 0.717) is 24.6 Å². The molecule has 1 amide bonds. The smallest absolute Gasteiger partial charge is 0.253 e. The fourth-order valence-corrected chi connectivity index (χ4v) is 3.92. The molecule has 0 unspecified atom stereocenters. The summed E-state index contributed by atoms with van der Waals surface area (Å²) in [5.41, 5.74) is 1.77. The van der Waals surface area contributed by atoms with Gasteiger partial charge in [0.05, 0.1) is 23.6 Å². The molecule has 2 aromatic rings. The van der Waals surface area contributed by atoms with Gasteiger partial charge in [0.2, 0.25) is 10.0 Å². The molecule has 1 aliphatic rings. The third-order valence-corrected chi connectivity index (χ3v) is 5.39. The summed E-state index contributed by atoms with van der Waals surface area (Å²) in [5.74, 6) is -0.677. The topological polar surface area (TPSA) is 90.3 Å². The second-order valence-corrected chi connectivity index (χ2v) is 8.62. The largest absolute Gasteiger partial charge is 0.339 e. The van der Waals surface area contributed by atoms with Gasteiger partial charge in [-0.15, -0.1) is 0 Å². The Kier molecular flexibility index (Phi) is 5.66. The highest BCUT2D eigenvalue weighted by Crippen LogP contribution is 2.29. The first kappa shape index (κ1) is 19.8. The zero-order valence-electron chi connectivity index (χ0n) is 15.4. The Morgan fingerprint density at radius 1 is 1.18 bits per heavy atom. The molecule has 3 rings (SSSR count). The number of hydrogen-bond donors (Lipinski definition) is 1. The van der Waals surface area contributed by atoms with E-state index in [9.17, 15) is 17.6 Å². The van der Waals surface area contributed by atoms with Gasteiger partial charge in [-0.2, -0.15) is 5.26 Å². The van der Waals surface area contributed by atoms with Gasteiger partial charge in [-0.05, 0) is 54.7 Å². The fourth-order valence-electron chi connectivity index (χ4n) is 3.36. The monoisotopic (exact) mass is 401 g/mol. The Hall–Kier alpha value is -2.92. The summed E-state index contributed by atoms with van der Waals surface area (Å²) in [7, 11) is -3.65. The zero-order valence-corrected chi connectivity index (χ0v) is 16.2. The first-order valence-electron chi connectivity index (χ1n) is 8.83. The van der Waals surface area contributed by atoms with Crippen LogP contribution in [0.15, 0.2) is 42.5 Å². The minimum absolute atomic E-state index is 0.235. The van der Waals surface area contributed by atoms with Crippen molar-refractivity contribution in [1.29, 1.82) is 5.26 Å². The molecule has 0 saturated carbocycles. The predicted octanol–water partition coefficient (Wildman–Crippen LogP) is 3.09. The Morgan fingerprint density at radius 2 is 1.82 bits per heavy atom. The Labute approximate surface area is 163 Å². The first-order valence-corrected chi connectivity index (χ1v) is 10.7. The van der Waals surface area contributed by atoms with E-state index in [1.54, 1.807) is 17.0 Å². The van der Waals surface area contributed by atoms with Gasteiger partial charge in [-0.1, -0.05) is 12.1 Å². The second-order valence-electron chi connectivity index (χ2n) is 6.87. The number of nitriles is 1. The van der Waals surface area contributed by atoms with E-state index in [-0.39, 0.29) is 17.2 Å². The van der Waals surface area contributed by atoms with Gasteiger partial charge >= 0.3 is 0 Å². The minimum atomic E-state index is -3.65. The summed E-state index contributed by atoms with van der Waals surface area (Å²) in [6.07, 6.45) is 2.50. The van der Waals surface area contributed by atoms with Crippen LogP contribution in [-0.4, -0.2) is 38.6 Å². The summed E-state index contributed by atoms with van der Waals surface area (Å²) < 4.78 is 38.6. The summed E-state index contributed by atoms with van der Waals surface area (Å²) in [6, 6.07) is 13.3. The average molecular weight is 401 g/mol. The number of nitrogens with zero attached hydrogens (tertiary/aromatic N) is 2. The van der Waals surface area contributed by atoms with E-state index in [0.717, 1.165) is 30.7 Å². The standard InChI is InChI=1S/C20H20FN3O3S/c1-28(26,27)23-19-12-17(6-7-18(19)21)20(25)24-10-8-16(9-11-24)15-4-2-14(13-22)3-5-15/h2-7,12,16,23H,8-11H2,1H3. The molecule has 0 radical (unpaired) electrons. The first-order chi connectivity index (χ1) is 13.3. The van der Waals surface area contributed by atoms with Gasteiger partial charge in [0.25, 0.3) is 5.91 Å². The van der Waals surface area contributed by atoms with Crippen molar-refractivity contribution in [2.45, 2.75) is 18.8 Å². The van der Waals surface area contributed by atoms with Gasteiger partial charge in [0.15, 0.2) is 0 Å². The second kappa shape index (κ2) is 7.98. The number of likely N-dealkylation sites (tertiary alicyclic amines) is 1. The van der Waals surface area contributed by atoms with Crippen molar-refractivity contribution < 1.29 is 17.6 Å². The maximum atomic E-state index is 13.8. The number of benzene rings is 2. The van der Waals surface area contributed by atoms with Gasteiger partial charge < -0.3 is 4.90 Å². The minimum Gasteiger partial charge on any atom is -0.339 e. The summed E-state index contributed by atoms with van der Waals surface area (Å²) in [5, 5.41) is 8.89. The molecule has 8 heteroatoms. The molecule has 28 heavy (non-hydrogen) atoms. The molecule has 2 aromatic carbocycles. The van der Waals surface area contributed by atoms with Crippen LogP contribution in [0.4, 0.5) is 10.1 Å². The van der Waals surface area contributed by atoms with Crippen LogP contribution in [0.5, 0.6) is 0 Å². The number of carbonyl (C=O) groups is 1. The molecule has 1 heterocycles. The SMILES string of the molecule is CS(=O)(=O)Nc1cc(C(=O)N2CCC(c3ccc(C#N)cc3)CC2)ccc1F. The Morgan fingerprint density at radius 3 is 2.39 bits per heavy atom. The lowest BCUT2D eigenvalue weighted by Gasteiger charge is -2.32. The number of halogens is 1. The molecule has 0 spiro atoms. The molecule has 1 aliphatic heterocycles. The average Bonchev–Trinajstić information content (AvgIpc) is 2.68. The molecule has 6 nitrogen and oxygen atoms in total. The van der Waals surface area contributed by atoms with Crippen LogP contribution < -0.4 is 4.72 Å². The third-order valence-electron chi connectivity index (χ3n) is 4.80. The number of hydrogen-bond acceptors (Lipinski definition) is 4. The van der Waals surface area contributed by atoms with Crippen LogP contribution in [0.1, 0.15) is 40.2 Å². The number of sulfonamides is 1. The van der Waals surface area contributed by atoms with E-state index < -0.39 is 15.8 Å². The number of piperidine rings is 1. The summed E-state index contributed by atoms with van der Waals surface area (Å²) >= 11 is 0. The molecule has 146 valence electrons. The van der Waals surface area contributed by atoms with E-state index in [2.05, 4.69) is 10.8 Å². The predicted molar refractivity (Wildman–Crippen MR) is 104 cm³/mol. The van der Waals surface area contributed by atoms with Crippen molar-refractivity contribution in [3.05, 3.63) is 65.0 Å². The van der Waals surface area contributed by atoms with E-state index in [1.807, 2.05) is 12.1 Å². The molecule has 0 aliphatic carbocycles. The highest BCUT2D eigenvalue weighted by atomic mass is 32.2. The van der Waals surface area contributed by atoms with Crippen molar-refractivity contribution in [3.63, 3.8) is 0 Å². The summed E-state index contributed by atoms with van der Waals surface area (Å²) in [6.45, 7) is 1.10. The number of anilines is 1. The van der Waals surface area contributed by atoms with Gasteiger partial charge in [0.1, 0.15) is 5.82 Å². The lowest BCUT2D eigenvalue weighted by Crippen LogP contribution is -2.38. The van der Waals surface area contributed by atoms with Crippen LogP contribution in [0.25, 0.3) is 0 Å². The van der Waals surface area contributed by atoms with Gasteiger partial charge in [-0.25, -0.2) is 12.8 Å². The van der Waals surface area contributed by atoms with Crippen LogP contribution in [0, 0.1) is 17.1 Å². The molecule has 0 aromatic heterocycles. The fraction of sp³-hybridized carbons (Fsp3) is 0.300. The van der Waals surface area contributed by atoms with Crippen molar-refractivity contribution in [2.24, 2.45) is 0 Å². The van der Waals surface area contributed by atoms with Crippen LogP contribution >= 0.6 is 0 Å². The molecule has 1 fully saturated rings.